The molecule has 102 valence electrons. The van der Waals surface area contributed by atoms with Crippen molar-refractivity contribution in [2.75, 3.05) is 11.1 Å². The molecule has 0 saturated carbocycles. The zero-order chi connectivity index (χ0) is 14.1. The maximum Gasteiger partial charge on any atom is 0.0576 e. The number of aromatic amines is 1. The van der Waals surface area contributed by atoms with Crippen molar-refractivity contribution in [3.63, 3.8) is 0 Å². The maximum atomic E-state index is 6.04. The van der Waals surface area contributed by atoms with Crippen LogP contribution >= 0.6 is 0 Å². The van der Waals surface area contributed by atoms with Crippen molar-refractivity contribution in [2.45, 2.75) is 20.4 Å². The van der Waals surface area contributed by atoms with Crippen LogP contribution in [0.5, 0.6) is 0 Å². The minimum atomic E-state index is 0.767. The van der Waals surface area contributed by atoms with Crippen molar-refractivity contribution in [2.24, 2.45) is 0 Å². The van der Waals surface area contributed by atoms with E-state index in [9.17, 15) is 0 Å². The van der Waals surface area contributed by atoms with Gasteiger partial charge in [-0.3, -0.25) is 0 Å². The molecular formula is C17H19N3. The third kappa shape index (κ3) is 2.23. The van der Waals surface area contributed by atoms with E-state index in [-0.39, 0.29) is 0 Å². The first-order valence-electron chi connectivity index (χ1n) is 6.81. The second kappa shape index (κ2) is 4.93. The van der Waals surface area contributed by atoms with Gasteiger partial charge in [-0.2, -0.15) is 0 Å². The molecule has 0 aliphatic rings. The molecule has 4 N–H and O–H groups in total. The summed E-state index contributed by atoms with van der Waals surface area (Å²) in [5.41, 5.74) is 12.7. The summed E-state index contributed by atoms with van der Waals surface area (Å²) in [7, 11) is 0. The molecule has 0 unspecified atom stereocenters. The molecule has 2 aromatic carbocycles. The average Bonchev–Trinajstić information content (AvgIpc) is 2.74. The molecule has 3 aromatic rings. The smallest absolute Gasteiger partial charge is 0.0576 e. The number of nitrogens with two attached hydrogens (primary N) is 1. The molecule has 0 fully saturated rings. The Balaban J connectivity index is 1.88. The molecule has 0 aliphatic heterocycles. The number of hydrogen-bond donors (Lipinski definition) is 3. The van der Waals surface area contributed by atoms with Crippen molar-refractivity contribution >= 4 is 22.3 Å². The molecule has 1 heterocycles. The van der Waals surface area contributed by atoms with E-state index >= 15 is 0 Å². The second-order valence-corrected chi connectivity index (χ2v) is 5.22. The first kappa shape index (κ1) is 12.6. The lowest BCUT2D eigenvalue weighted by molar-refractivity contribution is 1.12. The van der Waals surface area contributed by atoms with Gasteiger partial charge in [-0.25, -0.2) is 0 Å². The molecule has 0 spiro atoms. The Labute approximate surface area is 118 Å². The zero-order valence-corrected chi connectivity index (χ0v) is 11.8. The normalized spacial score (nSPS) is 10.9. The van der Waals surface area contributed by atoms with Gasteiger partial charge in [0, 0.05) is 23.1 Å². The summed E-state index contributed by atoms with van der Waals surface area (Å²) in [5, 5.41) is 4.70. The Kier molecular flexibility index (Phi) is 3.11. The lowest BCUT2D eigenvalue weighted by atomic mass is 10.1. The van der Waals surface area contributed by atoms with Crippen LogP contribution in [0.4, 0.5) is 11.4 Å². The van der Waals surface area contributed by atoms with E-state index in [0.29, 0.717) is 0 Å². The van der Waals surface area contributed by atoms with Crippen molar-refractivity contribution in [3.8, 4) is 0 Å². The predicted molar refractivity (Wildman–Crippen MR) is 86.0 cm³/mol. The van der Waals surface area contributed by atoms with Crippen LogP contribution in [-0.2, 0) is 6.54 Å². The van der Waals surface area contributed by atoms with Crippen molar-refractivity contribution in [1.82, 2.24) is 4.98 Å². The van der Waals surface area contributed by atoms with Crippen LogP contribution in [0.25, 0.3) is 10.9 Å². The second-order valence-electron chi connectivity index (χ2n) is 5.22. The van der Waals surface area contributed by atoms with Crippen molar-refractivity contribution < 1.29 is 0 Å². The van der Waals surface area contributed by atoms with Crippen LogP contribution in [0.2, 0.25) is 0 Å². The summed E-state index contributed by atoms with van der Waals surface area (Å²) in [6, 6.07) is 14.5. The molecule has 3 rings (SSSR count). The summed E-state index contributed by atoms with van der Waals surface area (Å²) < 4.78 is 0. The van der Waals surface area contributed by atoms with Crippen molar-refractivity contribution in [3.05, 3.63) is 59.3 Å². The average molecular weight is 265 g/mol. The molecule has 0 aliphatic carbocycles. The summed E-state index contributed by atoms with van der Waals surface area (Å²) in [6.07, 6.45) is 0. The van der Waals surface area contributed by atoms with E-state index < -0.39 is 0 Å². The monoisotopic (exact) mass is 265 g/mol. The van der Waals surface area contributed by atoms with Gasteiger partial charge in [-0.15, -0.1) is 0 Å². The quantitative estimate of drug-likeness (QED) is 0.627. The van der Waals surface area contributed by atoms with Crippen LogP contribution in [0.3, 0.4) is 0 Å². The standard InChI is InChI=1S/C17H19N3/c1-11-7-8-17(15(18)9-11)19-10-14-12(2)20-16-6-4-3-5-13(14)16/h3-9,19-20H,10,18H2,1-2H3. The zero-order valence-electron chi connectivity index (χ0n) is 11.8. The molecule has 3 nitrogen and oxygen atoms in total. The summed E-state index contributed by atoms with van der Waals surface area (Å²) in [4.78, 5) is 3.42. The lowest BCUT2D eigenvalue weighted by Crippen LogP contribution is -2.03. The highest BCUT2D eigenvalue weighted by atomic mass is 14.9. The Morgan fingerprint density at radius 2 is 1.90 bits per heavy atom. The van der Waals surface area contributed by atoms with E-state index in [4.69, 9.17) is 5.73 Å². The largest absolute Gasteiger partial charge is 0.397 e. The van der Waals surface area contributed by atoms with Gasteiger partial charge in [0.1, 0.15) is 0 Å². The SMILES string of the molecule is Cc1ccc(NCc2c(C)[nH]c3ccccc23)c(N)c1. The van der Waals surface area contributed by atoms with E-state index in [1.165, 1.54) is 27.7 Å². The van der Waals surface area contributed by atoms with Gasteiger partial charge in [-0.1, -0.05) is 24.3 Å². The fourth-order valence-electron chi connectivity index (χ4n) is 2.59. The van der Waals surface area contributed by atoms with Crippen LogP contribution in [0, 0.1) is 13.8 Å². The molecule has 0 bridgehead atoms. The Bertz CT molecular complexity index is 756. The summed E-state index contributed by atoms with van der Waals surface area (Å²) >= 11 is 0. The molecule has 20 heavy (non-hydrogen) atoms. The van der Waals surface area contributed by atoms with Gasteiger partial charge < -0.3 is 16.0 Å². The Morgan fingerprint density at radius 1 is 1.10 bits per heavy atom. The molecule has 0 radical (unpaired) electrons. The number of benzene rings is 2. The van der Waals surface area contributed by atoms with Gasteiger partial charge >= 0.3 is 0 Å². The number of para-hydroxylation sites is 1. The fraction of sp³-hybridized carbons (Fsp3) is 0.176. The number of anilines is 2. The number of nitrogens with one attached hydrogen (secondary N) is 2. The van der Waals surface area contributed by atoms with Crippen LogP contribution < -0.4 is 11.1 Å². The van der Waals surface area contributed by atoms with Gasteiger partial charge in [0.25, 0.3) is 0 Å². The van der Waals surface area contributed by atoms with E-state index in [0.717, 1.165) is 17.9 Å². The number of aromatic nitrogens is 1. The van der Waals surface area contributed by atoms with E-state index in [1.807, 2.05) is 25.1 Å². The van der Waals surface area contributed by atoms with Gasteiger partial charge in [-0.05, 0) is 43.2 Å². The highest BCUT2D eigenvalue weighted by Crippen LogP contribution is 2.25. The van der Waals surface area contributed by atoms with Crippen molar-refractivity contribution in [1.29, 1.82) is 0 Å². The topological polar surface area (TPSA) is 53.8 Å². The molecule has 0 atom stereocenters. The fourth-order valence-corrected chi connectivity index (χ4v) is 2.59. The minimum absolute atomic E-state index is 0.767. The molecule has 3 heteroatoms. The first-order valence-corrected chi connectivity index (χ1v) is 6.81. The summed E-state index contributed by atoms with van der Waals surface area (Å²) in [5.74, 6) is 0. The lowest BCUT2D eigenvalue weighted by Gasteiger charge is -2.10. The number of hydrogen-bond acceptors (Lipinski definition) is 2. The van der Waals surface area contributed by atoms with E-state index in [1.54, 1.807) is 0 Å². The summed E-state index contributed by atoms with van der Waals surface area (Å²) in [6.45, 7) is 4.92. The predicted octanol–water partition coefficient (Wildman–Crippen LogP) is 3.98. The number of fused-ring (bicyclic) bond motifs is 1. The number of aryl methyl sites for hydroxylation is 2. The third-order valence-corrected chi connectivity index (χ3v) is 3.69. The third-order valence-electron chi connectivity index (χ3n) is 3.69. The number of nitrogen functional groups attached to an aromatic ring is 1. The van der Waals surface area contributed by atoms with Crippen LogP contribution in [0.15, 0.2) is 42.5 Å². The highest BCUT2D eigenvalue weighted by molar-refractivity contribution is 5.85. The van der Waals surface area contributed by atoms with Crippen LogP contribution in [-0.4, -0.2) is 4.98 Å². The van der Waals surface area contributed by atoms with Gasteiger partial charge in [0.15, 0.2) is 0 Å². The maximum absolute atomic E-state index is 6.04. The molecular weight excluding hydrogens is 246 g/mol. The Hall–Kier alpha value is -2.42. The first-order chi connectivity index (χ1) is 9.65. The van der Waals surface area contributed by atoms with E-state index in [2.05, 4.69) is 41.5 Å². The molecule has 0 amide bonds. The molecule has 0 saturated heterocycles. The number of rotatable bonds is 3. The van der Waals surface area contributed by atoms with Gasteiger partial charge in [0.2, 0.25) is 0 Å². The Morgan fingerprint density at radius 3 is 2.70 bits per heavy atom. The minimum Gasteiger partial charge on any atom is -0.397 e. The van der Waals surface area contributed by atoms with Crippen LogP contribution in [0.1, 0.15) is 16.8 Å². The molecule has 1 aromatic heterocycles. The number of H-pyrrole nitrogens is 1. The van der Waals surface area contributed by atoms with Gasteiger partial charge in [0.05, 0.1) is 11.4 Å². The highest BCUT2D eigenvalue weighted by Gasteiger charge is 2.08.